The molecule has 0 spiro atoms. The molecule has 13 heavy (non-hydrogen) atoms. The Bertz CT molecular complexity index is 428. The average Bonchev–Trinajstić information content (AvgIpc) is 2.83. The van der Waals surface area contributed by atoms with E-state index in [1.807, 2.05) is 10.6 Å². The van der Waals surface area contributed by atoms with Crippen LogP contribution in [0, 0.1) is 5.92 Å². The van der Waals surface area contributed by atoms with Crippen LogP contribution in [0.3, 0.4) is 0 Å². The first-order valence-electron chi connectivity index (χ1n) is 4.71. The van der Waals surface area contributed by atoms with Crippen LogP contribution in [-0.4, -0.2) is 14.6 Å². The third kappa shape index (κ3) is 1.20. The highest BCUT2D eigenvalue weighted by atomic mass is 15.2. The summed E-state index contributed by atoms with van der Waals surface area (Å²) < 4.78 is 1.98. The Morgan fingerprint density at radius 3 is 3.23 bits per heavy atom. The molecule has 0 atom stereocenters. The molecule has 66 valence electrons. The second kappa shape index (κ2) is 2.55. The third-order valence-corrected chi connectivity index (χ3v) is 2.61. The van der Waals surface area contributed by atoms with Gasteiger partial charge < -0.3 is 0 Å². The smallest absolute Gasteiger partial charge is 0.163 e. The second-order valence-electron chi connectivity index (χ2n) is 3.74. The zero-order valence-corrected chi connectivity index (χ0v) is 7.35. The monoisotopic (exact) mass is 173 g/mol. The van der Waals surface area contributed by atoms with Gasteiger partial charge >= 0.3 is 0 Å². The summed E-state index contributed by atoms with van der Waals surface area (Å²) in [6, 6.07) is 4.22. The molecular formula is C10H11N3. The summed E-state index contributed by atoms with van der Waals surface area (Å²) in [6.07, 6.45) is 7.69. The third-order valence-electron chi connectivity index (χ3n) is 2.61. The highest BCUT2D eigenvalue weighted by Crippen LogP contribution is 2.33. The Balaban J connectivity index is 2.09. The van der Waals surface area contributed by atoms with E-state index >= 15 is 0 Å². The van der Waals surface area contributed by atoms with Gasteiger partial charge in [0.1, 0.15) is 6.33 Å². The van der Waals surface area contributed by atoms with Crippen molar-refractivity contribution in [2.45, 2.75) is 19.3 Å². The molecule has 1 fully saturated rings. The van der Waals surface area contributed by atoms with Crippen molar-refractivity contribution in [2.75, 3.05) is 0 Å². The van der Waals surface area contributed by atoms with Crippen molar-refractivity contribution in [3.63, 3.8) is 0 Å². The van der Waals surface area contributed by atoms with Gasteiger partial charge in [0.2, 0.25) is 0 Å². The number of nitrogens with zero attached hydrogens (tertiary/aromatic N) is 3. The molecular weight excluding hydrogens is 162 g/mol. The maximum atomic E-state index is 4.11. The van der Waals surface area contributed by atoms with Crippen molar-refractivity contribution in [1.29, 1.82) is 0 Å². The molecule has 2 aromatic rings. The molecule has 0 N–H and O–H groups in total. The van der Waals surface area contributed by atoms with Gasteiger partial charge in [0.15, 0.2) is 5.65 Å². The van der Waals surface area contributed by atoms with E-state index in [-0.39, 0.29) is 0 Å². The number of rotatable bonds is 2. The van der Waals surface area contributed by atoms with E-state index in [1.165, 1.54) is 24.8 Å². The standard InChI is InChI=1S/C10H11N3/c1-2-9(6-8-3-4-8)10-12-11-7-13(10)5-1/h1-2,5,7-8H,3-4,6H2. The van der Waals surface area contributed by atoms with Gasteiger partial charge in [-0.1, -0.05) is 6.07 Å². The summed E-state index contributed by atoms with van der Waals surface area (Å²) in [7, 11) is 0. The van der Waals surface area contributed by atoms with Crippen LogP contribution >= 0.6 is 0 Å². The summed E-state index contributed by atoms with van der Waals surface area (Å²) in [6.45, 7) is 0. The lowest BCUT2D eigenvalue weighted by Crippen LogP contribution is -1.92. The van der Waals surface area contributed by atoms with Crippen molar-refractivity contribution in [3.05, 3.63) is 30.2 Å². The molecule has 1 aliphatic carbocycles. The summed E-state index contributed by atoms with van der Waals surface area (Å²) in [5.41, 5.74) is 2.36. The van der Waals surface area contributed by atoms with Gasteiger partial charge in [0, 0.05) is 6.20 Å². The van der Waals surface area contributed by atoms with Crippen LogP contribution in [0.2, 0.25) is 0 Å². The highest BCUT2D eigenvalue weighted by Gasteiger charge is 2.22. The van der Waals surface area contributed by atoms with E-state index < -0.39 is 0 Å². The minimum Gasteiger partial charge on any atom is -0.289 e. The zero-order valence-electron chi connectivity index (χ0n) is 7.35. The van der Waals surface area contributed by atoms with Crippen molar-refractivity contribution >= 4 is 5.65 Å². The van der Waals surface area contributed by atoms with Crippen LogP contribution in [-0.2, 0) is 6.42 Å². The van der Waals surface area contributed by atoms with Gasteiger partial charge in [-0.15, -0.1) is 10.2 Å². The van der Waals surface area contributed by atoms with E-state index in [2.05, 4.69) is 22.3 Å². The average molecular weight is 173 g/mol. The first-order chi connectivity index (χ1) is 6.43. The Labute approximate surface area is 76.4 Å². The van der Waals surface area contributed by atoms with Gasteiger partial charge in [-0.2, -0.15) is 0 Å². The number of hydrogen-bond acceptors (Lipinski definition) is 2. The van der Waals surface area contributed by atoms with Gasteiger partial charge in [-0.3, -0.25) is 4.40 Å². The maximum absolute atomic E-state index is 4.11. The molecule has 2 heterocycles. The summed E-state index contributed by atoms with van der Waals surface area (Å²) >= 11 is 0. The summed E-state index contributed by atoms with van der Waals surface area (Å²) in [4.78, 5) is 0. The molecule has 0 bridgehead atoms. The van der Waals surface area contributed by atoms with Crippen LogP contribution in [0.5, 0.6) is 0 Å². The van der Waals surface area contributed by atoms with E-state index in [4.69, 9.17) is 0 Å². The SMILES string of the molecule is c1cc(CC2CC2)c2nncn2c1. The fraction of sp³-hybridized carbons (Fsp3) is 0.400. The summed E-state index contributed by atoms with van der Waals surface area (Å²) in [5, 5.41) is 8.02. The second-order valence-corrected chi connectivity index (χ2v) is 3.74. The van der Waals surface area contributed by atoms with Crippen LogP contribution in [0.1, 0.15) is 18.4 Å². The molecule has 3 heteroatoms. The largest absolute Gasteiger partial charge is 0.289 e. The van der Waals surface area contributed by atoms with E-state index in [0.717, 1.165) is 11.6 Å². The van der Waals surface area contributed by atoms with E-state index in [1.54, 1.807) is 6.33 Å². The van der Waals surface area contributed by atoms with E-state index in [9.17, 15) is 0 Å². The van der Waals surface area contributed by atoms with Crippen LogP contribution in [0.15, 0.2) is 24.7 Å². The molecule has 3 rings (SSSR count). The van der Waals surface area contributed by atoms with Gasteiger partial charge in [-0.05, 0) is 36.8 Å². The molecule has 0 aliphatic heterocycles. The topological polar surface area (TPSA) is 30.2 Å². The fourth-order valence-corrected chi connectivity index (χ4v) is 1.70. The Morgan fingerprint density at radius 2 is 2.38 bits per heavy atom. The first kappa shape index (κ1) is 7.06. The molecule has 0 unspecified atom stereocenters. The van der Waals surface area contributed by atoms with Crippen molar-refractivity contribution in [1.82, 2.24) is 14.6 Å². The molecule has 0 saturated heterocycles. The number of hydrogen-bond donors (Lipinski definition) is 0. The highest BCUT2D eigenvalue weighted by molar-refractivity contribution is 5.46. The summed E-state index contributed by atoms with van der Waals surface area (Å²) in [5.74, 6) is 0.905. The number of aromatic nitrogens is 3. The zero-order chi connectivity index (χ0) is 8.67. The normalized spacial score (nSPS) is 16.6. The van der Waals surface area contributed by atoms with Crippen molar-refractivity contribution < 1.29 is 0 Å². The fourth-order valence-electron chi connectivity index (χ4n) is 1.70. The molecule has 1 saturated carbocycles. The molecule has 3 nitrogen and oxygen atoms in total. The molecule has 0 amide bonds. The van der Waals surface area contributed by atoms with Crippen molar-refractivity contribution in [2.24, 2.45) is 5.92 Å². The Hall–Kier alpha value is -1.38. The predicted octanol–water partition coefficient (Wildman–Crippen LogP) is 1.68. The van der Waals surface area contributed by atoms with Crippen molar-refractivity contribution in [3.8, 4) is 0 Å². The van der Waals surface area contributed by atoms with E-state index in [0.29, 0.717) is 0 Å². The first-order valence-corrected chi connectivity index (χ1v) is 4.71. The predicted molar refractivity (Wildman–Crippen MR) is 49.4 cm³/mol. The number of pyridine rings is 1. The van der Waals surface area contributed by atoms with Gasteiger partial charge in [0.25, 0.3) is 0 Å². The lowest BCUT2D eigenvalue weighted by atomic mass is 10.1. The quantitative estimate of drug-likeness (QED) is 0.691. The minimum absolute atomic E-state index is 0.905. The maximum Gasteiger partial charge on any atom is 0.163 e. The van der Waals surface area contributed by atoms with Gasteiger partial charge in [0.05, 0.1) is 0 Å². The molecule has 2 aromatic heterocycles. The van der Waals surface area contributed by atoms with Crippen LogP contribution in [0.4, 0.5) is 0 Å². The van der Waals surface area contributed by atoms with Crippen LogP contribution in [0.25, 0.3) is 5.65 Å². The Kier molecular flexibility index (Phi) is 1.39. The Morgan fingerprint density at radius 1 is 1.46 bits per heavy atom. The lowest BCUT2D eigenvalue weighted by Gasteiger charge is -1.99. The molecule has 0 aromatic carbocycles. The lowest BCUT2D eigenvalue weighted by molar-refractivity contribution is 0.830. The molecule has 1 aliphatic rings. The molecule has 0 radical (unpaired) electrons. The number of fused-ring (bicyclic) bond motifs is 1. The van der Waals surface area contributed by atoms with Gasteiger partial charge in [-0.25, -0.2) is 0 Å². The van der Waals surface area contributed by atoms with Crippen LogP contribution < -0.4 is 0 Å². The minimum atomic E-state index is 0.905.